The number of rotatable bonds is 5. The summed E-state index contributed by atoms with van der Waals surface area (Å²) in [6, 6.07) is 2.47. The van der Waals surface area contributed by atoms with Gasteiger partial charge in [0.2, 0.25) is 0 Å². The first-order chi connectivity index (χ1) is 12.3. The van der Waals surface area contributed by atoms with Gasteiger partial charge in [-0.25, -0.2) is 4.39 Å². The van der Waals surface area contributed by atoms with Gasteiger partial charge in [-0.15, -0.1) is 0 Å². The highest BCUT2D eigenvalue weighted by Gasteiger charge is 2.28. The molecule has 0 spiro atoms. The van der Waals surface area contributed by atoms with E-state index in [0.717, 1.165) is 13.0 Å². The predicted octanol–water partition coefficient (Wildman–Crippen LogP) is 0.618. The largest absolute Gasteiger partial charge is 0.506 e. The van der Waals surface area contributed by atoms with Crippen molar-refractivity contribution in [2.24, 2.45) is 0 Å². The SMILES string of the molecule is CC1CCc2cc(F)cc3c(O)c(C(=O)NCCC[NH+](C)C)c(=O)n1c23. The summed E-state index contributed by atoms with van der Waals surface area (Å²) in [5.41, 5.74) is 0.387. The molecule has 1 aliphatic rings. The van der Waals surface area contributed by atoms with Crippen LogP contribution in [-0.4, -0.2) is 42.8 Å². The van der Waals surface area contributed by atoms with Crippen LogP contribution in [0.15, 0.2) is 16.9 Å². The van der Waals surface area contributed by atoms with Gasteiger partial charge in [0.15, 0.2) is 0 Å². The Labute approximate surface area is 151 Å². The van der Waals surface area contributed by atoms with E-state index in [2.05, 4.69) is 5.32 Å². The van der Waals surface area contributed by atoms with Crippen LogP contribution < -0.4 is 15.8 Å². The van der Waals surface area contributed by atoms with Crippen molar-refractivity contribution in [2.45, 2.75) is 32.2 Å². The lowest BCUT2D eigenvalue weighted by Crippen LogP contribution is -3.05. The Balaban J connectivity index is 2.07. The zero-order valence-electron chi connectivity index (χ0n) is 15.4. The molecule has 0 bridgehead atoms. The van der Waals surface area contributed by atoms with E-state index in [1.165, 1.54) is 21.6 Å². The Morgan fingerprint density at radius 1 is 1.42 bits per heavy atom. The van der Waals surface area contributed by atoms with Crippen LogP contribution in [0.3, 0.4) is 0 Å². The molecule has 1 atom stereocenters. The highest BCUT2D eigenvalue weighted by Crippen LogP contribution is 2.35. The number of aromatic nitrogens is 1. The number of carbonyl (C=O) groups is 1. The summed E-state index contributed by atoms with van der Waals surface area (Å²) in [5, 5.41) is 13.5. The summed E-state index contributed by atoms with van der Waals surface area (Å²) >= 11 is 0. The van der Waals surface area contributed by atoms with Crippen molar-refractivity contribution < 1.29 is 19.2 Å². The van der Waals surface area contributed by atoms with Gasteiger partial charge in [-0.3, -0.25) is 9.59 Å². The Morgan fingerprint density at radius 3 is 2.85 bits per heavy atom. The molecule has 1 aliphatic heterocycles. The second-order valence-electron chi connectivity index (χ2n) is 7.31. The summed E-state index contributed by atoms with van der Waals surface area (Å²) in [5.74, 6) is -1.54. The number of amides is 1. The molecule has 0 saturated heterocycles. The number of carbonyl (C=O) groups excluding carboxylic acids is 1. The minimum Gasteiger partial charge on any atom is -0.506 e. The number of pyridine rings is 1. The lowest BCUT2D eigenvalue weighted by atomic mass is 9.95. The number of quaternary nitrogens is 1. The lowest BCUT2D eigenvalue weighted by molar-refractivity contribution is -0.858. The van der Waals surface area contributed by atoms with Gasteiger partial charge in [0, 0.05) is 24.4 Å². The van der Waals surface area contributed by atoms with Crippen LogP contribution in [0.25, 0.3) is 10.9 Å². The van der Waals surface area contributed by atoms with Gasteiger partial charge in [0.05, 0.1) is 26.2 Å². The highest BCUT2D eigenvalue weighted by molar-refractivity contribution is 6.03. The van der Waals surface area contributed by atoms with Gasteiger partial charge in [0.25, 0.3) is 11.5 Å². The normalized spacial score (nSPS) is 16.3. The Morgan fingerprint density at radius 2 is 2.15 bits per heavy atom. The standard InChI is InChI=1S/C19H24FN3O3/c1-11-5-6-12-9-13(20)10-14-16(12)23(11)19(26)15(17(14)24)18(25)21-7-4-8-22(2)3/h9-11,24H,4-8H2,1-3H3,(H,21,25)/p+1. The summed E-state index contributed by atoms with van der Waals surface area (Å²) in [6.07, 6.45) is 2.07. The van der Waals surface area contributed by atoms with Gasteiger partial charge < -0.3 is 19.9 Å². The second-order valence-corrected chi connectivity index (χ2v) is 7.31. The van der Waals surface area contributed by atoms with E-state index < -0.39 is 23.0 Å². The number of aryl methyl sites for hydroxylation is 1. The van der Waals surface area contributed by atoms with Crippen molar-refractivity contribution in [2.75, 3.05) is 27.2 Å². The highest BCUT2D eigenvalue weighted by atomic mass is 19.1. The Hall–Kier alpha value is -2.41. The monoisotopic (exact) mass is 362 g/mol. The fourth-order valence-corrected chi connectivity index (χ4v) is 3.62. The molecule has 1 unspecified atom stereocenters. The zero-order chi connectivity index (χ0) is 19.0. The first kappa shape index (κ1) is 18.4. The molecule has 2 aromatic rings. The number of halogens is 1. The van der Waals surface area contributed by atoms with Gasteiger partial charge in [-0.1, -0.05) is 0 Å². The van der Waals surface area contributed by atoms with Crippen molar-refractivity contribution in [1.82, 2.24) is 9.88 Å². The maximum atomic E-state index is 14.0. The molecule has 7 heteroatoms. The van der Waals surface area contributed by atoms with Crippen LogP contribution in [-0.2, 0) is 6.42 Å². The topological polar surface area (TPSA) is 75.8 Å². The maximum Gasteiger partial charge on any atom is 0.267 e. The van der Waals surface area contributed by atoms with Crippen LogP contribution >= 0.6 is 0 Å². The fraction of sp³-hybridized carbons (Fsp3) is 0.474. The summed E-state index contributed by atoms with van der Waals surface area (Å²) in [7, 11) is 4.03. The molecule has 1 aromatic heterocycles. The lowest BCUT2D eigenvalue weighted by Gasteiger charge is -2.26. The van der Waals surface area contributed by atoms with E-state index in [4.69, 9.17) is 0 Å². The van der Waals surface area contributed by atoms with Gasteiger partial charge in [-0.2, -0.15) is 0 Å². The van der Waals surface area contributed by atoms with Crippen molar-refractivity contribution in [1.29, 1.82) is 0 Å². The van der Waals surface area contributed by atoms with Crippen molar-refractivity contribution in [3.63, 3.8) is 0 Å². The van der Waals surface area contributed by atoms with Crippen LogP contribution in [0.2, 0.25) is 0 Å². The van der Waals surface area contributed by atoms with E-state index in [1.807, 2.05) is 21.0 Å². The van der Waals surface area contributed by atoms with E-state index in [-0.39, 0.29) is 17.0 Å². The molecule has 0 radical (unpaired) electrons. The number of nitrogens with one attached hydrogen (secondary N) is 2. The number of nitrogens with zero attached hydrogens (tertiary/aromatic N) is 1. The number of hydrogen-bond acceptors (Lipinski definition) is 3. The average molecular weight is 362 g/mol. The van der Waals surface area contributed by atoms with Gasteiger partial charge in [-0.05, 0) is 37.5 Å². The van der Waals surface area contributed by atoms with Crippen LogP contribution in [0.5, 0.6) is 5.75 Å². The quantitative estimate of drug-likeness (QED) is 0.683. The van der Waals surface area contributed by atoms with Crippen LogP contribution in [0, 0.1) is 5.82 Å². The molecule has 0 saturated carbocycles. The van der Waals surface area contributed by atoms with Crippen molar-refractivity contribution in [3.05, 3.63) is 39.4 Å². The molecule has 6 nitrogen and oxygen atoms in total. The summed E-state index contributed by atoms with van der Waals surface area (Å²) in [4.78, 5) is 26.8. The summed E-state index contributed by atoms with van der Waals surface area (Å²) < 4.78 is 15.5. The van der Waals surface area contributed by atoms with E-state index >= 15 is 0 Å². The molecule has 140 valence electrons. The van der Waals surface area contributed by atoms with Crippen molar-refractivity contribution >= 4 is 16.8 Å². The minimum atomic E-state index is -0.615. The molecule has 0 aliphatic carbocycles. The van der Waals surface area contributed by atoms with Gasteiger partial charge >= 0.3 is 0 Å². The molecule has 2 heterocycles. The first-order valence-corrected chi connectivity index (χ1v) is 8.98. The average Bonchev–Trinajstić information content (AvgIpc) is 2.57. The van der Waals surface area contributed by atoms with Crippen LogP contribution in [0.1, 0.15) is 41.7 Å². The Bertz CT molecular complexity index is 921. The second kappa shape index (κ2) is 7.07. The molecule has 3 N–H and O–H groups in total. The van der Waals surface area contributed by atoms with E-state index in [9.17, 15) is 19.1 Å². The smallest absolute Gasteiger partial charge is 0.267 e. The summed E-state index contributed by atoms with van der Waals surface area (Å²) in [6.45, 7) is 3.18. The van der Waals surface area contributed by atoms with E-state index in [1.54, 1.807) is 0 Å². The molecular formula is C19H25FN3O3+. The number of aromatic hydroxyl groups is 1. The molecule has 0 fully saturated rings. The Kier molecular flexibility index (Phi) is 5.00. The molecule has 3 rings (SSSR count). The molecule has 1 aromatic carbocycles. The predicted molar refractivity (Wildman–Crippen MR) is 97.5 cm³/mol. The third kappa shape index (κ3) is 3.19. The fourth-order valence-electron chi connectivity index (χ4n) is 3.62. The number of hydrogen-bond donors (Lipinski definition) is 3. The maximum absolute atomic E-state index is 14.0. The van der Waals surface area contributed by atoms with E-state index in [0.29, 0.717) is 30.5 Å². The van der Waals surface area contributed by atoms with Gasteiger partial charge in [0.1, 0.15) is 17.1 Å². The molecule has 26 heavy (non-hydrogen) atoms. The first-order valence-electron chi connectivity index (χ1n) is 8.98. The van der Waals surface area contributed by atoms with Crippen molar-refractivity contribution in [3.8, 4) is 5.75 Å². The third-order valence-corrected chi connectivity index (χ3v) is 4.96. The molecule has 1 amide bonds. The number of benzene rings is 1. The third-order valence-electron chi connectivity index (χ3n) is 4.96. The molecular weight excluding hydrogens is 337 g/mol. The zero-order valence-corrected chi connectivity index (χ0v) is 15.4. The van der Waals surface area contributed by atoms with Crippen LogP contribution in [0.4, 0.5) is 4.39 Å². The minimum absolute atomic E-state index is 0.118.